The van der Waals surface area contributed by atoms with Gasteiger partial charge in [0, 0.05) is 31.9 Å². The summed E-state index contributed by atoms with van der Waals surface area (Å²) in [6.45, 7) is 1.72. The van der Waals surface area contributed by atoms with Crippen LogP contribution in [-0.2, 0) is 6.42 Å². The maximum absolute atomic E-state index is 13.8. The number of rotatable bonds is 4. The van der Waals surface area contributed by atoms with Crippen LogP contribution in [0.2, 0.25) is 0 Å². The topological polar surface area (TPSA) is 55.1 Å². The highest BCUT2D eigenvalue weighted by Gasteiger charge is 2.26. The van der Waals surface area contributed by atoms with Crippen molar-refractivity contribution in [1.29, 1.82) is 0 Å². The number of nitrogens with zero attached hydrogens (tertiary/aromatic N) is 4. The number of benzene rings is 1. The second-order valence-corrected chi connectivity index (χ2v) is 6.27. The van der Waals surface area contributed by atoms with Gasteiger partial charge in [0.25, 0.3) is 0 Å². The highest BCUT2D eigenvalue weighted by atomic mass is 19.1. The number of anilines is 1. The molecule has 1 aliphatic rings. The van der Waals surface area contributed by atoms with E-state index in [1.807, 2.05) is 12.1 Å². The molecule has 5 nitrogen and oxygen atoms in total. The Morgan fingerprint density at radius 2 is 1.96 bits per heavy atom. The lowest BCUT2D eigenvalue weighted by Gasteiger charge is -2.31. The molecule has 1 saturated heterocycles. The van der Waals surface area contributed by atoms with Crippen molar-refractivity contribution in [3.8, 4) is 0 Å². The molecule has 0 amide bonds. The smallest absolute Gasteiger partial charge is 0.225 e. The first-order valence-electron chi connectivity index (χ1n) is 8.49. The molecule has 0 N–H and O–H groups in total. The second kappa shape index (κ2) is 7.01. The van der Waals surface area contributed by atoms with E-state index in [4.69, 9.17) is 4.42 Å². The number of hydrogen-bond acceptors (Lipinski definition) is 5. The van der Waals surface area contributed by atoms with Gasteiger partial charge in [-0.05, 0) is 30.5 Å². The van der Waals surface area contributed by atoms with Crippen LogP contribution in [-0.4, -0.2) is 28.0 Å². The Morgan fingerprint density at radius 1 is 1.12 bits per heavy atom. The lowest BCUT2D eigenvalue weighted by atomic mass is 9.98. The summed E-state index contributed by atoms with van der Waals surface area (Å²) in [6, 6.07) is 8.56. The lowest BCUT2D eigenvalue weighted by molar-refractivity contribution is 0.382. The molecule has 25 heavy (non-hydrogen) atoms. The molecule has 1 aromatic carbocycles. The molecule has 0 aliphatic carbocycles. The lowest BCUT2D eigenvalue weighted by Crippen LogP contribution is -2.35. The van der Waals surface area contributed by atoms with Crippen LogP contribution in [0.15, 0.2) is 53.3 Å². The average Bonchev–Trinajstić information content (AvgIpc) is 3.13. The zero-order valence-corrected chi connectivity index (χ0v) is 13.8. The van der Waals surface area contributed by atoms with Crippen LogP contribution in [0.5, 0.6) is 0 Å². The van der Waals surface area contributed by atoms with Gasteiger partial charge in [0.2, 0.25) is 5.95 Å². The zero-order chi connectivity index (χ0) is 17.1. The molecule has 0 spiro atoms. The van der Waals surface area contributed by atoms with Gasteiger partial charge in [-0.3, -0.25) is 0 Å². The van der Waals surface area contributed by atoms with Gasteiger partial charge in [-0.25, -0.2) is 19.3 Å². The molecule has 3 heterocycles. The van der Waals surface area contributed by atoms with E-state index in [1.54, 1.807) is 30.7 Å². The van der Waals surface area contributed by atoms with Crippen LogP contribution in [0.25, 0.3) is 0 Å². The van der Waals surface area contributed by atoms with E-state index >= 15 is 0 Å². The van der Waals surface area contributed by atoms with Crippen LogP contribution >= 0.6 is 0 Å². The van der Waals surface area contributed by atoms with Crippen molar-refractivity contribution in [3.63, 3.8) is 0 Å². The molecule has 4 rings (SSSR count). The van der Waals surface area contributed by atoms with Crippen molar-refractivity contribution in [2.24, 2.45) is 0 Å². The molecule has 128 valence electrons. The third-order valence-electron chi connectivity index (χ3n) is 4.50. The maximum atomic E-state index is 13.8. The number of halogens is 1. The van der Waals surface area contributed by atoms with Crippen molar-refractivity contribution < 1.29 is 8.81 Å². The van der Waals surface area contributed by atoms with Gasteiger partial charge in [0.1, 0.15) is 11.6 Å². The number of aromatic nitrogens is 3. The van der Waals surface area contributed by atoms with E-state index < -0.39 is 0 Å². The minimum atomic E-state index is -0.217. The van der Waals surface area contributed by atoms with Gasteiger partial charge in [-0.1, -0.05) is 18.2 Å². The third kappa shape index (κ3) is 3.52. The van der Waals surface area contributed by atoms with Crippen molar-refractivity contribution in [1.82, 2.24) is 15.0 Å². The Labute approximate surface area is 145 Å². The number of hydrogen-bond donors (Lipinski definition) is 0. The fourth-order valence-corrected chi connectivity index (χ4v) is 3.24. The quantitative estimate of drug-likeness (QED) is 0.728. The van der Waals surface area contributed by atoms with Crippen LogP contribution in [0.4, 0.5) is 10.3 Å². The highest BCUT2D eigenvalue weighted by molar-refractivity contribution is 5.30. The molecule has 0 saturated carbocycles. The summed E-state index contributed by atoms with van der Waals surface area (Å²) in [5, 5.41) is 0. The normalized spacial score (nSPS) is 17.6. The molecule has 0 radical (unpaired) electrons. The van der Waals surface area contributed by atoms with Gasteiger partial charge in [0.15, 0.2) is 5.89 Å². The summed E-state index contributed by atoms with van der Waals surface area (Å²) in [4.78, 5) is 15.2. The Kier molecular flexibility index (Phi) is 4.41. The predicted octanol–water partition coefficient (Wildman–Crippen LogP) is 3.58. The Morgan fingerprint density at radius 3 is 2.80 bits per heavy atom. The van der Waals surface area contributed by atoms with Gasteiger partial charge in [-0.2, -0.15) is 0 Å². The molecule has 2 aromatic heterocycles. The van der Waals surface area contributed by atoms with E-state index in [9.17, 15) is 4.39 Å². The monoisotopic (exact) mass is 338 g/mol. The predicted molar refractivity (Wildman–Crippen MR) is 91.9 cm³/mol. The summed E-state index contributed by atoms with van der Waals surface area (Å²) in [5.41, 5.74) is 0.619. The minimum absolute atomic E-state index is 0.201. The Bertz CT molecular complexity index is 836. The van der Waals surface area contributed by atoms with Crippen LogP contribution < -0.4 is 4.90 Å². The van der Waals surface area contributed by atoms with E-state index in [1.165, 1.54) is 6.07 Å². The number of oxazole rings is 1. The first-order chi connectivity index (χ1) is 12.3. The van der Waals surface area contributed by atoms with Crippen molar-refractivity contribution in [3.05, 3.63) is 72.0 Å². The van der Waals surface area contributed by atoms with E-state index in [0.717, 1.165) is 31.9 Å². The summed E-state index contributed by atoms with van der Waals surface area (Å²) >= 11 is 0. The van der Waals surface area contributed by atoms with E-state index in [2.05, 4.69) is 19.9 Å². The summed E-state index contributed by atoms with van der Waals surface area (Å²) in [5.74, 6) is 2.13. The molecule has 1 unspecified atom stereocenters. The molecule has 6 heteroatoms. The minimum Gasteiger partial charge on any atom is -0.445 e. The van der Waals surface area contributed by atoms with E-state index in [0.29, 0.717) is 23.6 Å². The van der Waals surface area contributed by atoms with E-state index in [-0.39, 0.29) is 11.7 Å². The molecule has 3 aromatic rings. The molecular weight excluding hydrogens is 319 g/mol. The molecule has 1 atom stereocenters. The van der Waals surface area contributed by atoms with Gasteiger partial charge < -0.3 is 9.32 Å². The van der Waals surface area contributed by atoms with Gasteiger partial charge in [-0.15, -0.1) is 0 Å². The molecule has 1 fully saturated rings. The number of piperidine rings is 1. The zero-order valence-electron chi connectivity index (χ0n) is 13.8. The average molecular weight is 338 g/mol. The molecular formula is C19H19FN4O. The summed E-state index contributed by atoms with van der Waals surface area (Å²) < 4.78 is 19.7. The third-order valence-corrected chi connectivity index (χ3v) is 4.50. The summed E-state index contributed by atoms with van der Waals surface area (Å²) in [6.07, 6.45) is 7.68. The SMILES string of the molecule is Fc1ccccc1Cc1cnc(C2CCCN(c3ncccn3)C2)o1. The van der Waals surface area contributed by atoms with Crippen LogP contribution in [0.3, 0.4) is 0 Å². The Hall–Kier alpha value is -2.76. The standard InChI is InChI=1S/C19H19FN4O/c20-17-7-2-1-5-14(17)11-16-12-23-18(25-16)15-6-3-10-24(13-15)19-21-8-4-9-22-19/h1-2,4-5,7-9,12,15H,3,6,10-11,13H2. The molecule has 1 aliphatic heterocycles. The first-order valence-corrected chi connectivity index (χ1v) is 8.49. The maximum Gasteiger partial charge on any atom is 0.225 e. The van der Waals surface area contributed by atoms with Crippen molar-refractivity contribution in [2.45, 2.75) is 25.2 Å². The fourth-order valence-electron chi connectivity index (χ4n) is 3.24. The van der Waals surface area contributed by atoms with Crippen molar-refractivity contribution >= 4 is 5.95 Å². The van der Waals surface area contributed by atoms with Crippen LogP contribution in [0, 0.1) is 5.82 Å². The molecule has 0 bridgehead atoms. The van der Waals surface area contributed by atoms with Gasteiger partial charge >= 0.3 is 0 Å². The van der Waals surface area contributed by atoms with Crippen molar-refractivity contribution in [2.75, 3.05) is 18.0 Å². The largest absolute Gasteiger partial charge is 0.445 e. The fraction of sp³-hybridized carbons (Fsp3) is 0.316. The Balaban J connectivity index is 1.47. The second-order valence-electron chi connectivity index (χ2n) is 6.27. The van der Waals surface area contributed by atoms with Crippen LogP contribution in [0.1, 0.15) is 36.0 Å². The summed E-state index contributed by atoms with van der Waals surface area (Å²) in [7, 11) is 0. The highest BCUT2D eigenvalue weighted by Crippen LogP contribution is 2.28. The van der Waals surface area contributed by atoms with Gasteiger partial charge in [0.05, 0.1) is 12.1 Å². The first kappa shape index (κ1) is 15.7.